The van der Waals surface area contributed by atoms with Crippen molar-refractivity contribution in [3.63, 3.8) is 0 Å². The number of rotatable bonds is 3. The molecule has 0 aliphatic rings. The first-order valence-electron chi connectivity index (χ1n) is 5.86. The number of amidine groups is 1. The molecule has 5 nitrogen and oxygen atoms in total. The number of carbonyl (C=O) groups is 1. The predicted molar refractivity (Wildman–Crippen MR) is 83.4 cm³/mol. The lowest BCUT2D eigenvalue weighted by Gasteiger charge is -2.11. The Morgan fingerprint density at radius 3 is 2.52 bits per heavy atom. The molecule has 0 radical (unpaired) electrons. The van der Waals surface area contributed by atoms with Gasteiger partial charge in [-0.1, -0.05) is 40.5 Å². The molecule has 0 fully saturated rings. The van der Waals surface area contributed by atoms with Gasteiger partial charge in [0.05, 0.1) is 16.3 Å². The van der Waals surface area contributed by atoms with Crippen molar-refractivity contribution in [1.82, 2.24) is 0 Å². The number of halogens is 2. The van der Waals surface area contributed by atoms with Crippen molar-refractivity contribution in [1.29, 1.82) is 0 Å². The second-order valence-electron chi connectivity index (χ2n) is 4.11. The van der Waals surface area contributed by atoms with Crippen molar-refractivity contribution < 1.29 is 10.0 Å². The predicted octanol–water partition coefficient (Wildman–Crippen LogP) is 3.34. The summed E-state index contributed by atoms with van der Waals surface area (Å²) in [5, 5.41) is 15.1. The van der Waals surface area contributed by atoms with Crippen molar-refractivity contribution in [2.24, 2.45) is 10.9 Å². The quantitative estimate of drug-likeness (QED) is 0.350. The molecule has 0 atom stereocenters. The molecular formula is C14H11Cl2N3O2. The number of anilines is 1. The fourth-order valence-electron chi connectivity index (χ4n) is 1.73. The Labute approximate surface area is 131 Å². The molecule has 0 aromatic heterocycles. The van der Waals surface area contributed by atoms with Crippen molar-refractivity contribution in [3.05, 3.63) is 63.6 Å². The normalized spacial score (nSPS) is 11.2. The van der Waals surface area contributed by atoms with E-state index < -0.39 is 5.91 Å². The highest BCUT2D eigenvalue weighted by molar-refractivity contribution is 6.34. The number of nitrogens with zero attached hydrogens (tertiary/aromatic N) is 1. The lowest BCUT2D eigenvalue weighted by atomic mass is 10.1. The number of benzene rings is 2. The van der Waals surface area contributed by atoms with E-state index in [0.29, 0.717) is 26.9 Å². The van der Waals surface area contributed by atoms with Crippen LogP contribution in [0.1, 0.15) is 15.9 Å². The van der Waals surface area contributed by atoms with Crippen LogP contribution in [0, 0.1) is 0 Å². The Morgan fingerprint density at radius 1 is 1.14 bits per heavy atom. The van der Waals surface area contributed by atoms with Gasteiger partial charge < -0.3 is 16.3 Å². The van der Waals surface area contributed by atoms with Gasteiger partial charge in [0.1, 0.15) is 0 Å². The number of nitrogens with one attached hydrogen (secondary N) is 1. The zero-order chi connectivity index (χ0) is 15.4. The third-order valence-electron chi connectivity index (χ3n) is 2.73. The minimum atomic E-state index is -0.421. The fraction of sp³-hybridized carbons (Fsp3) is 0. The third kappa shape index (κ3) is 3.45. The SMILES string of the molecule is NC(=NO)c1ccc(Cl)cc1NC(=O)c1ccccc1Cl. The van der Waals surface area contributed by atoms with Crippen LogP contribution in [0.5, 0.6) is 0 Å². The molecule has 7 heteroatoms. The number of nitrogens with two attached hydrogens (primary N) is 1. The van der Waals surface area contributed by atoms with Gasteiger partial charge >= 0.3 is 0 Å². The summed E-state index contributed by atoms with van der Waals surface area (Å²) in [5.41, 5.74) is 6.55. The second-order valence-corrected chi connectivity index (χ2v) is 4.95. The Morgan fingerprint density at radius 2 is 1.86 bits per heavy atom. The maximum Gasteiger partial charge on any atom is 0.257 e. The van der Waals surface area contributed by atoms with E-state index in [1.807, 2.05) is 0 Å². The Kier molecular flexibility index (Phi) is 4.67. The molecule has 21 heavy (non-hydrogen) atoms. The molecule has 0 heterocycles. The largest absolute Gasteiger partial charge is 0.409 e. The van der Waals surface area contributed by atoms with Gasteiger partial charge in [-0.25, -0.2) is 0 Å². The summed E-state index contributed by atoms with van der Waals surface area (Å²) in [6.07, 6.45) is 0. The molecule has 2 aromatic rings. The monoisotopic (exact) mass is 323 g/mol. The Bertz CT molecular complexity index is 717. The van der Waals surface area contributed by atoms with Gasteiger partial charge in [0.2, 0.25) is 0 Å². The molecule has 0 aliphatic carbocycles. The molecular weight excluding hydrogens is 313 g/mol. The molecule has 2 aromatic carbocycles. The first-order chi connectivity index (χ1) is 10.0. The summed E-state index contributed by atoms with van der Waals surface area (Å²) in [5.74, 6) is -0.559. The summed E-state index contributed by atoms with van der Waals surface area (Å²) in [7, 11) is 0. The molecule has 0 bridgehead atoms. The van der Waals surface area contributed by atoms with Gasteiger partial charge in [0.25, 0.3) is 5.91 Å². The maximum atomic E-state index is 12.2. The van der Waals surface area contributed by atoms with Crippen molar-refractivity contribution in [3.8, 4) is 0 Å². The van der Waals surface area contributed by atoms with Crippen LogP contribution in [0.25, 0.3) is 0 Å². The first kappa shape index (κ1) is 15.2. The minimum Gasteiger partial charge on any atom is -0.409 e. The lowest BCUT2D eigenvalue weighted by molar-refractivity contribution is 0.102. The van der Waals surface area contributed by atoms with E-state index in [9.17, 15) is 4.79 Å². The van der Waals surface area contributed by atoms with E-state index in [0.717, 1.165) is 0 Å². The highest BCUT2D eigenvalue weighted by atomic mass is 35.5. The Hall–Kier alpha value is -2.24. The standard InChI is InChI=1S/C14H11Cl2N3O2/c15-8-5-6-10(13(17)19-21)12(7-8)18-14(20)9-3-1-2-4-11(9)16/h1-7,21H,(H2,17,19)(H,18,20). The second kappa shape index (κ2) is 6.47. The van der Waals surface area contributed by atoms with E-state index in [1.165, 1.54) is 6.07 Å². The van der Waals surface area contributed by atoms with E-state index in [1.54, 1.807) is 36.4 Å². The smallest absolute Gasteiger partial charge is 0.257 e. The number of carbonyl (C=O) groups excluding carboxylic acids is 1. The molecule has 0 spiro atoms. The van der Waals surface area contributed by atoms with Gasteiger partial charge in [-0.15, -0.1) is 0 Å². The summed E-state index contributed by atoms with van der Waals surface area (Å²) in [4.78, 5) is 12.2. The van der Waals surface area contributed by atoms with Crippen LogP contribution < -0.4 is 11.1 Å². The number of hydrogen-bond acceptors (Lipinski definition) is 3. The summed E-state index contributed by atoms with van der Waals surface area (Å²) >= 11 is 11.9. The summed E-state index contributed by atoms with van der Waals surface area (Å²) in [6, 6.07) is 11.2. The minimum absolute atomic E-state index is 0.138. The van der Waals surface area contributed by atoms with Crippen LogP contribution in [0.15, 0.2) is 47.6 Å². The van der Waals surface area contributed by atoms with Crippen molar-refractivity contribution in [2.75, 3.05) is 5.32 Å². The summed E-state index contributed by atoms with van der Waals surface area (Å²) in [6.45, 7) is 0. The number of oxime groups is 1. The van der Waals surface area contributed by atoms with Crippen LogP contribution in [0.3, 0.4) is 0 Å². The van der Waals surface area contributed by atoms with E-state index >= 15 is 0 Å². The fourth-order valence-corrected chi connectivity index (χ4v) is 2.13. The van der Waals surface area contributed by atoms with Gasteiger partial charge in [0, 0.05) is 10.6 Å². The van der Waals surface area contributed by atoms with Crippen molar-refractivity contribution in [2.45, 2.75) is 0 Å². The topological polar surface area (TPSA) is 87.7 Å². The molecule has 4 N–H and O–H groups in total. The molecule has 108 valence electrons. The number of hydrogen-bond donors (Lipinski definition) is 3. The first-order valence-corrected chi connectivity index (χ1v) is 6.62. The highest BCUT2D eigenvalue weighted by Crippen LogP contribution is 2.23. The van der Waals surface area contributed by atoms with Crippen LogP contribution >= 0.6 is 23.2 Å². The van der Waals surface area contributed by atoms with E-state index in [4.69, 9.17) is 34.1 Å². The Balaban J connectivity index is 2.37. The average Bonchev–Trinajstić information content (AvgIpc) is 2.47. The van der Waals surface area contributed by atoms with E-state index in [2.05, 4.69) is 10.5 Å². The molecule has 0 unspecified atom stereocenters. The number of amides is 1. The zero-order valence-electron chi connectivity index (χ0n) is 10.7. The molecule has 0 saturated heterocycles. The highest BCUT2D eigenvalue weighted by Gasteiger charge is 2.14. The van der Waals surface area contributed by atoms with Crippen LogP contribution in [-0.2, 0) is 0 Å². The van der Waals surface area contributed by atoms with Gasteiger partial charge in [-0.05, 0) is 30.3 Å². The van der Waals surface area contributed by atoms with E-state index in [-0.39, 0.29) is 5.84 Å². The van der Waals surface area contributed by atoms with Crippen LogP contribution in [-0.4, -0.2) is 17.0 Å². The van der Waals surface area contributed by atoms with Crippen LogP contribution in [0.2, 0.25) is 10.0 Å². The third-order valence-corrected chi connectivity index (χ3v) is 3.30. The molecule has 1 amide bonds. The average molecular weight is 324 g/mol. The van der Waals surface area contributed by atoms with Gasteiger partial charge in [-0.3, -0.25) is 4.79 Å². The van der Waals surface area contributed by atoms with Gasteiger partial charge in [0.15, 0.2) is 5.84 Å². The van der Waals surface area contributed by atoms with Gasteiger partial charge in [-0.2, -0.15) is 0 Å². The van der Waals surface area contributed by atoms with Crippen LogP contribution in [0.4, 0.5) is 5.69 Å². The van der Waals surface area contributed by atoms with Crippen molar-refractivity contribution >= 4 is 40.6 Å². The summed E-state index contributed by atoms with van der Waals surface area (Å²) < 4.78 is 0. The lowest BCUT2D eigenvalue weighted by Crippen LogP contribution is -2.19. The maximum absolute atomic E-state index is 12.2. The molecule has 0 aliphatic heterocycles. The molecule has 0 saturated carbocycles. The zero-order valence-corrected chi connectivity index (χ0v) is 12.2. The molecule has 2 rings (SSSR count).